The van der Waals surface area contributed by atoms with Crippen molar-refractivity contribution in [2.75, 3.05) is 6.61 Å². The van der Waals surface area contributed by atoms with Crippen LogP contribution in [0.15, 0.2) is 23.5 Å². The first-order valence-electron chi connectivity index (χ1n) is 4.20. The summed E-state index contributed by atoms with van der Waals surface area (Å²) in [7, 11) is 0. The highest BCUT2D eigenvalue weighted by Crippen LogP contribution is 2.13. The van der Waals surface area contributed by atoms with Crippen LogP contribution in [0.2, 0.25) is 0 Å². The molecule has 2 nitrogen and oxygen atoms in total. The molecular formula is C10H14O2. The molecule has 0 atom stereocenters. The molecule has 0 saturated carbocycles. The van der Waals surface area contributed by atoms with Crippen LogP contribution >= 0.6 is 0 Å². The van der Waals surface area contributed by atoms with Crippen molar-refractivity contribution in [1.29, 1.82) is 0 Å². The Kier molecular flexibility index (Phi) is 3.09. The smallest absolute Gasteiger partial charge is 0.184 e. The van der Waals surface area contributed by atoms with Gasteiger partial charge in [0.2, 0.25) is 0 Å². The van der Waals surface area contributed by atoms with Gasteiger partial charge in [0.1, 0.15) is 0 Å². The van der Waals surface area contributed by atoms with Crippen LogP contribution in [0.3, 0.4) is 0 Å². The average Bonchev–Trinajstić information content (AvgIpc) is 2.05. The zero-order valence-electron chi connectivity index (χ0n) is 7.59. The highest BCUT2D eigenvalue weighted by atomic mass is 16.5. The van der Waals surface area contributed by atoms with E-state index in [2.05, 4.69) is 0 Å². The van der Waals surface area contributed by atoms with Gasteiger partial charge in [0, 0.05) is 5.57 Å². The molecule has 0 unspecified atom stereocenters. The molecule has 0 aliphatic carbocycles. The molecule has 0 N–H and O–H groups in total. The first-order chi connectivity index (χ1) is 5.70. The van der Waals surface area contributed by atoms with Gasteiger partial charge in [0.15, 0.2) is 5.78 Å². The first kappa shape index (κ1) is 9.04. The van der Waals surface area contributed by atoms with Crippen LogP contribution in [-0.4, -0.2) is 12.4 Å². The van der Waals surface area contributed by atoms with Crippen LogP contribution in [-0.2, 0) is 9.53 Å². The van der Waals surface area contributed by atoms with Gasteiger partial charge in [0.05, 0.1) is 12.9 Å². The number of ketones is 1. The van der Waals surface area contributed by atoms with E-state index >= 15 is 0 Å². The van der Waals surface area contributed by atoms with Gasteiger partial charge in [-0.1, -0.05) is 5.57 Å². The summed E-state index contributed by atoms with van der Waals surface area (Å²) >= 11 is 0. The van der Waals surface area contributed by atoms with Gasteiger partial charge in [-0.2, -0.15) is 0 Å². The third-order valence-electron chi connectivity index (χ3n) is 1.67. The summed E-state index contributed by atoms with van der Waals surface area (Å²) in [5.41, 5.74) is 1.83. The Bertz CT molecular complexity index is 232. The average molecular weight is 166 g/mol. The number of hydrogen-bond acceptors (Lipinski definition) is 2. The molecule has 0 radical (unpaired) electrons. The monoisotopic (exact) mass is 166 g/mol. The molecule has 0 aromatic heterocycles. The van der Waals surface area contributed by atoms with Gasteiger partial charge < -0.3 is 4.74 Å². The summed E-state index contributed by atoms with van der Waals surface area (Å²) in [5.74, 6) is 0.0923. The zero-order valence-corrected chi connectivity index (χ0v) is 7.59. The van der Waals surface area contributed by atoms with E-state index in [1.165, 1.54) is 0 Å². The van der Waals surface area contributed by atoms with E-state index in [0.29, 0.717) is 0 Å². The molecule has 66 valence electrons. The lowest BCUT2D eigenvalue weighted by Crippen LogP contribution is -2.06. The summed E-state index contributed by atoms with van der Waals surface area (Å²) in [5, 5.41) is 0. The van der Waals surface area contributed by atoms with Crippen LogP contribution in [0.1, 0.15) is 26.7 Å². The predicted octanol–water partition coefficient (Wildman–Crippen LogP) is 2.22. The van der Waals surface area contributed by atoms with E-state index < -0.39 is 0 Å². The molecule has 1 heterocycles. The normalized spacial score (nSPS) is 16.0. The molecular weight excluding hydrogens is 152 g/mol. The van der Waals surface area contributed by atoms with Gasteiger partial charge in [-0.05, 0) is 32.8 Å². The topological polar surface area (TPSA) is 26.3 Å². The second kappa shape index (κ2) is 4.10. The van der Waals surface area contributed by atoms with Crippen LogP contribution < -0.4 is 0 Å². The minimum Gasteiger partial charge on any atom is -0.501 e. The largest absolute Gasteiger partial charge is 0.501 e. The van der Waals surface area contributed by atoms with Crippen molar-refractivity contribution in [3.63, 3.8) is 0 Å². The SMILES string of the molecule is CC(C)=CC(=O)C1=COCCC1. The zero-order chi connectivity index (χ0) is 8.97. The Morgan fingerprint density at radius 1 is 1.58 bits per heavy atom. The number of rotatable bonds is 2. The highest BCUT2D eigenvalue weighted by Gasteiger charge is 2.10. The van der Waals surface area contributed by atoms with Crippen LogP contribution in [0.5, 0.6) is 0 Å². The maximum atomic E-state index is 11.4. The molecule has 2 heteroatoms. The van der Waals surface area contributed by atoms with Gasteiger partial charge >= 0.3 is 0 Å². The standard InChI is InChI=1S/C10H14O2/c1-8(2)6-10(11)9-4-3-5-12-7-9/h6-7H,3-5H2,1-2H3. The van der Waals surface area contributed by atoms with Crippen molar-refractivity contribution >= 4 is 5.78 Å². The summed E-state index contributed by atoms with van der Waals surface area (Å²) in [4.78, 5) is 11.4. The van der Waals surface area contributed by atoms with E-state index in [9.17, 15) is 4.79 Å². The van der Waals surface area contributed by atoms with Gasteiger partial charge in [-0.3, -0.25) is 4.79 Å². The molecule has 0 saturated heterocycles. The summed E-state index contributed by atoms with van der Waals surface area (Å²) in [6, 6.07) is 0. The molecule has 1 aliphatic rings. The Morgan fingerprint density at radius 2 is 2.33 bits per heavy atom. The number of hydrogen-bond donors (Lipinski definition) is 0. The van der Waals surface area contributed by atoms with Crippen LogP contribution in [0.4, 0.5) is 0 Å². The fourth-order valence-corrected chi connectivity index (χ4v) is 1.10. The second-order valence-corrected chi connectivity index (χ2v) is 3.20. The van der Waals surface area contributed by atoms with Crippen molar-refractivity contribution in [2.45, 2.75) is 26.7 Å². The fourth-order valence-electron chi connectivity index (χ4n) is 1.10. The number of carbonyl (C=O) groups excluding carboxylic acids is 1. The Hall–Kier alpha value is -1.05. The van der Waals surface area contributed by atoms with Crippen molar-refractivity contribution in [3.05, 3.63) is 23.5 Å². The molecule has 0 amide bonds. The molecule has 12 heavy (non-hydrogen) atoms. The number of allylic oxidation sites excluding steroid dienone is 3. The van der Waals surface area contributed by atoms with Gasteiger partial charge in [-0.15, -0.1) is 0 Å². The quantitative estimate of drug-likeness (QED) is 0.588. The Labute approximate surface area is 72.9 Å². The van der Waals surface area contributed by atoms with E-state index in [0.717, 1.165) is 30.6 Å². The Morgan fingerprint density at radius 3 is 2.83 bits per heavy atom. The summed E-state index contributed by atoms with van der Waals surface area (Å²) in [6.07, 6.45) is 5.04. The fraction of sp³-hybridized carbons (Fsp3) is 0.500. The first-order valence-corrected chi connectivity index (χ1v) is 4.20. The molecule has 1 aliphatic heterocycles. The van der Waals surface area contributed by atoms with E-state index in [1.54, 1.807) is 12.3 Å². The van der Waals surface area contributed by atoms with E-state index in [-0.39, 0.29) is 5.78 Å². The van der Waals surface area contributed by atoms with Crippen LogP contribution in [0, 0.1) is 0 Å². The third kappa shape index (κ3) is 2.53. The molecule has 0 bridgehead atoms. The van der Waals surface area contributed by atoms with Crippen molar-refractivity contribution in [3.8, 4) is 0 Å². The highest BCUT2D eigenvalue weighted by molar-refractivity contribution is 6.04. The molecule has 0 spiro atoms. The van der Waals surface area contributed by atoms with Crippen molar-refractivity contribution in [2.24, 2.45) is 0 Å². The van der Waals surface area contributed by atoms with Gasteiger partial charge in [-0.25, -0.2) is 0 Å². The van der Waals surface area contributed by atoms with Crippen LogP contribution in [0.25, 0.3) is 0 Å². The lowest BCUT2D eigenvalue weighted by Gasteiger charge is -2.10. The Balaban J connectivity index is 2.63. The minimum atomic E-state index is 0.0923. The third-order valence-corrected chi connectivity index (χ3v) is 1.67. The minimum absolute atomic E-state index is 0.0923. The van der Waals surface area contributed by atoms with Crippen molar-refractivity contribution in [1.82, 2.24) is 0 Å². The maximum Gasteiger partial charge on any atom is 0.184 e. The number of carbonyl (C=O) groups is 1. The molecule has 1 rings (SSSR count). The lowest BCUT2D eigenvalue weighted by atomic mass is 10.0. The molecule has 0 aromatic carbocycles. The summed E-state index contributed by atoms with van der Waals surface area (Å²) in [6.45, 7) is 4.58. The lowest BCUT2D eigenvalue weighted by molar-refractivity contribution is -0.111. The van der Waals surface area contributed by atoms with Gasteiger partial charge in [0.25, 0.3) is 0 Å². The predicted molar refractivity (Wildman–Crippen MR) is 47.7 cm³/mol. The molecule has 0 fully saturated rings. The summed E-state index contributed by atoms with van der Waals surface area (Å²) < 4.78 is 5.07. The van der Waals surface area contributed by atoms with Crippen molar-refractivity contribution < 1.29 is 9.53 Å². The number of ether oxygens (including phenoxy) is 1. The van der Waals surface area contributed by atoms with E-state index in [1.807, 2.05) is 13.8 Å². The maximum absolute atomic E-state index is 11.4. The molecule has 0 aromatic rings. The second-order valence-electron chi connectivity index (χ2n) is 3.20. The van der Waals surface area contributed by atoms with E-state index in [4.69, 9.17) is 4.74 Å².